The maximum atomic E-state index is 5.54. The van der Waals surface area contributed by atoms with Crippen molar-refractivity contribution in [1.29, 1.82) is 0 Å². The van der Waals surface area contributed by atoms with Crippen molar-refractivity contribution in [2.24, 2.45) is 11.1 Å². The van der Waals surface area contributed by atoms with Gasteiger partial charge in [-0.15, -0.1) is 0 Å². The molecule has 2 heterocycles. The average molecular weight is 217 g/mol. The van der Waals surface area contributed by atoms with E-state index in [9.17, 15) is 0 Å². The van der Waals surface area contributed by atoms with Gasteiger partial charge in [0.1, 0.15) is 0 Å². The summed E-state index contributed by atoms with van der Waals surface area (Å²) in [5.74, 6) is 0.474. The molecule has 3 nitrogen and oxygen atoms in total. The fourth-order valence-corrected chi connectivity index (χ4v) is 2.33. The smallest absolute Gasteiger partial charge is 0.230 e. The summed E-state index contributed by atoms with van der Waals surface area (Å²) in [6, 6.07) is 10.2. The minimum atomic E-state index is -0.110. The quantitative estimate of drug-likeness (QED) is 0.723. The van der Waals surface area contributed by atoms with Gasteiger partial charge in [0.25, 0.3) is 0 Å². The number of benzene rings is 1. The molecule has 84 valence electrons. The second-order valence-electron chi connectivity index (χ2n) is 4.36. The Bertz CT molecular complexity index is 388. The lowest BCUT2D eigenvalue weighted by atomic mass is 9.91. The molecule has 0 saturated carbocycles. The predicted octanol–water partition coefficient (Wildman–Crippen LogP) is 2.56. The molecule has 1 aromatic carbocycles. The lowest BCUT2D eigenvalue weighted by Gasteiger charge is -2.33. The third-order valence-corrected chi connectivity index (χ3v) is 3.22. The number of fused-ring (bicyclic) bond motifs is 1. The topological polar surface area (TPSA) is 30.8 Å². The van der Waals surface area contributed by atoms with Crippen LogP contribution in [0, 0.1) is 5.92 Å². The zero-order valence-corrected chi connectivity index (χ0v) is 9.13. The van der Waals surface area contributed by atoms with Crippen molar-refractivity contribution < 1.29 is 9.57 Å². The van der Waals surface area contributed by atoms with Gasteiger partial charge in [0.15, 0.2) is 0 Å². The standard InChI is InChI=1S/C13H15NO2/c1-2-5-10(6-3-1)12-9-11-7-4-8-15-13(11)16-14-12/h1-3,5-6,11,13H,4,7-9H2. The van der Waals surface area contributed by atoms with E-state index in [0.29, 0.717) is 5.92 Å². The van der Waals surface area contributed by atoms with E-state index in [-0.39, 0.29) is 6.29 Å². The number of oxime groups is 1. The fraction of sp³-hybridized carbons (Fsp3) is 0.462. The molecule has 0 bridgehead atoms. The summed E-state index contributed by atoms with van der Waals surface area (Å²) >= 11 is 0. The van der Waals surface area contributed by atoms with Crippen LogP contribution in [0.2, 0.25) is 0 Å². The summed E-state index contributed by atoms with van der Waals surface area (Å²) in [4.78, 5) is 5.41. The molecule has 1 saturated heterocycles. The molecule has 0 amide bonds. The van der Waals surface area contributed by atoms with Crippen LogP contribution in [0.25, 0.3) is 0 Å². The number of hydrogen-bond donors (Lipinski definition) is 0. The Labute approximate surface area is 95.1 Å². The van der Waals surface area contributed by atoms with Gasteiger partial charge in [-0.3, -0.25) is 0 Å². The Morgan fingerprint density at radius 3 is 2.94 bits per heavy atom. The van der Waals surface area contributed by atoms with Crippen LogP contribution in [0.3, 0.4) is 0 Å². The van der Waals surface area contributed by atoms with Gasteiger partial charge in [-0.05, 0) is 18.4 Å². The molecular formula is C13H15NO2. The summed E-state index contributed by atoms with van der Waals surface area (Å²) in [5, 5.41) is 4.18. The fourth-order valence-electron chi connectivity index (χ4n) is 2.33. The Balaban J connectivity index is 1.81. The van der Waals surface area contributed by atoms with Crippen LogP contribution in [0.5, 0.6) is 0 Å². The molecule has 1 fully saturated rings. The predicted molar refractivity (Wildman–Crippen MR) is 61.1 cm³/mol. The van der Waals surface area contributed by atoms with Crippen molar-refractivity contribution in [1.82, 2.24) is 0 Å². The Kier molecular flexibility index (Phi) is 2.62. The van der Waals surface area contributed by atoms with E-state index in [1.807, 2.05) is 18.2 Å². The summed E-state index contributed by atoms with van der Waals surface area (Å²) < 4.78 is 5.54. The van der Waals surface area contributed by atoms with E-state index < -0.39 is 0 Å². The van der Waals surface area contributed by atoms with Crippen molar-refractivity contribution >= 4 is 5.71 Å². The van der Waals surface area contributed by atoms with Crippen molar-refractivity contribution in [2.45, 2.75) is 25.6 Å². The van der Waals surface area contributed by atoms with Crippen molar-refractivity contribution in [3.8, 4) is 0 Å². The van der Waals surface area contributed by atoms with Crippen molar-refractivity contribution in [2.75, 3.05) is 6.61 Å². The van der Waals surface area contributed by atoms with Gasteiger partial charge < -0.3 is 9.57 Å². The molecule has 2 atom stereocenters. The molecular weight excluding hydrogens is 202 g/mol. The molecule has 2 unspecified atom stereocenters. The molecule has 0 aromatic heterocycles. The Hall–Kier alpha value is -1.35. The first-order valence-corrected chi connectivity index (χ1v) is 5.83. The summed E-state index contributed by atoms with van der Waals surface area (Å²) in [6.07, 6.45) is 3.17. The van der Waals surface area contributed by atoms with E-state index in [2.05, 4.69) is 17.3 Å². The molecule has 1 aromatic rings. The van der Waals surface area contributed by atoms with Gasteiger partial charge in [-0.2, -0.15) is 0 Å². The highest BCUT2D eigenvalue weighted by atomic mass is 16.8. The highest BCUT2D eigenvalue weighted by Crippen LogP contribution is 2.30. The van der Waals surface area contributed by atoms with Crippen LogP contribution in [0.15, 0.2) is 35.5 Å². The second-order valence-corrected chi connectivity index (χ2v) is 4.36. The highest BCUT2D eigenvalue weighted by molar-refractivity contribution is 6.00. The van der Waals surface area contributed by atoms with Crippen LogP contribution in [0.4, 0.5) is 0 Å². The normalized spacial score (nSPS) is 28.9. The molecule has 0 spiro atoms. The highest BCUT2D eigenvalue weighted by Gasteiger charge is 2.32. The van der Waals surface area contributed by atoms with E-state index in [0.717, 1.165) is 30.7 Å². The van der Waals surface area contributed by atoms with Crippen LogP contribution >= 0.6 is 0 Å². The summed E-state index contributed by atoms with van der Waals surface area (Å²) in [6.45, 7) is 0.803. The molecule has 0 N–H and O–H groups in total. The van der Waals surface area contributed by atoms with Gasteiger partial charge in [0.05, 0.1) is 12.3 Å². The van der Waals surface area contributed by atoms with E-state index >= 15 is 0 Å². The van der Waals surface area contributed by atoms with Gasteiger partial charge in [-0.1, -0.05) is 35.5 Å². The molecule has 3 heteroatoms. The number of hydrogen-bond acceptors (Lipinski definition) is 3. The first kappa shape index (κ1) is 9.85. The molecule has 16 heavy (non-hydrogen) atoms. The Morgan fingerprint density at radius 2 is 2.06 bits per heavy atom. The lowest BCUT2D eigenvalue weighted by molar-refractivity contribution is -0.197. The van der Waals surface area contributed by atoms with Gasteiger partial charge in [-0.25, -0.2) is 0 Å². The van der Waals surface area contributed by atoms with Gasteiger partial charge >= 0.3 is 0 Å². The molecule has 3 rings (SSSR count). The summed E-state index contributed by atoms with van der Waals surface area (Å²) in [5.41, 5.74) is 2.21. The molecule has 2 aliphatic rings. The molecule has 0 radical (unpaired) electrons. The van der Waals surface area contributed by atoms with Crippen LogP contribution in [-0.2, 0) is 9.57 Å². The van der Waals surface area contributed by atoms with Crippen molar-refractivity contribution in [3.63, 3.8) is 0 Å². The van der Waals surface area contributed by atoms with Crippen molar-refractivity contribution in [3.05, 3.63) is 35.9 Å². The molecule has 0 aliphatic carbocycles. The third kappa shape index (κ3) is 1.83. The number of nitrogens with zero attached hydrogens (tertiary/aromatic N) is 1. The number of ether oxygens (including phenoxy) is 1. The Morgan fingerprint density at radius 1 is 1.19 bits per heavy atom. The van der Waals surface area contributed by atoms with E-state index in [1.54, 1.807) is 0 Å². The van der Waals surface area contributed by atoms with Gasteiger partial charge in [0, 0.05) is 12.3 Å². The average Bonchev–Trinajstić information content (AvgIpc) is 2.39. The van der Waals surface area contributed by atoms with Crippen LogP contribution in [-0.4, -0.2) is 18.6 Å². The van der Waals surface area contributed by atoms with E-state index in [1.165, 1.54) is 6.42 Å². The van der Waals surface area contributed by atoms with Gasteiger partial charge in [0.2, 0.25) is 6.29 Å². The SMILES string of the molecule is c1ccc(C2=NOC3OCCCC3C2)cc1. The first-order chi connectivity index (χ1) is 7.93. The number of rotatable bonds is 1. The maximum Gasteiger partial charge on any atom is 0.230 e. The monoisotopic (exact) mass is 217 g/mol. The maximum absolute atomic E-state index is 5.54. The summed E-state index contributed by atoms with van der Waals surface area (Å²) in [7, 11) is 0. The lowest BCUT2D eigenvalue weighted by Crippen LogP contribution is -2.35. The third-order valence-electron chi connectivity index (χ3n) is 3.22. The first-order valence-electron chi connectivity index (χ1n) is 5.83. The zero-order chi connectivity index (χ0) is 10.8. The minimum Gasteiger partial charge on any atom is -0.363 e. The van der Waals surface area contributed by atoms with Crippen LogP contribution in [0.1, 0.15) is 24.8 Å². The molecule has 2 aliphatic heterocycles. The van der Waals surface area contributed by atoms with E-state index in [4.69, 9.17) is 9.57 Å². The largest absolute Gasteiger partial charge is 0.363 e. The second kappa shape index (κ2) is 4.26. The minimum absolute atomic E-state index is 0.110. The zero-order valence-electron chi connectivity index (χ0n) is 9.13. The van der Waals surface area contributed by atoms with Crippen LogP contribution < -0.4 is 0 Å².